The van der Waals surface area contributed by atoms with E-state index in [-0.39, 0.29) is 12.3 Å². The van der Waals surface area contributed by atoms with E-state index in [4.69, 9.17) is 0 Å². The van der Waals surface area contributed by atoms with Crippen molar-refractivity contribution in [2.75, 3.05) is 5.32 Å². The molecule has 8 heteroatoms. The van der Waals surface area contributed by atoms with E-state index in [0.717, 1.165) is 45.0 Å². The van der Waals surface area contributed by atoms with Crippen molar-refractivity contribution in [2.45, 2.75) is 44.6 Å². The van der Waals surface area contributed by atoms with Crippen molar-refractivity contribution in [1.82, 2.24) is 19.7 Å². The van der Waals surface area contributed by atoms with E-state index < -0.39 is 0 Å². The Morgan fingerprint density at radius 3 is 2.66 bits per heavy atom. The van der Waals surface area contributed by atoms with E-state index in [1.54, 1.807) is 11.8 Å². The van der Waals surface area contributed by atoms with Crippen LogP contribution in [0.15, 0.2) is 59.1 Å². The van der Waals surface area contributed by atoms with Crippen LogP contribution in [-0.4, -0.2) is 25.7 Å². The number of hydrogen-bond acceptors (Lipinski definition) is 6. The lowest BCUT2D eigenvalue weighted by Gasteiger charge is -2.07. The van der Waals surface area contributed by atoms with Crippen LogP contribution < -0.4 is 5.32 Å². The number of thioether (sulfide) groups is 1. The van der Waals surface area contributed by atoms with Crippen LogP contribution in [0.2, 0.25) is 0 Å². The highest BCUT2D eigenvalue weighted by Crippen LogP contribution is 2.27. The minimum Gasteiger partial charge on any atom is -0.326 e. The maximum absolute atomic E-state index is 12.3. The van der Waals surface area contributed by atoms with Gasteiger partial charge < -0.3 is 9.88 Å². The fourth-order valence-electron chi connectivity index (χ4n) is 3.29. The number of carbonyl (C=O) groups excluding carboxylic acids is 1. The zero-order chi connectivity index (χ0) is 22.5. The molecule has 164 valence electrons. The van der Waals surface area contributed by atoms with Crippen molar-refractivity contribution in [3.05, 3.63) is 75.7 Å². The number of aromatic nitrogens is 4. The van der Waals surface area contributed by atoms with Crippen LogP contribution in [0, 0.1) is 13.8 Å². The first-order valence-electron chi connectivity index (χ1n) is 10.4. The lowest BCUT2D eigenvalue weighted by Crippen LogP contribution is -2.14. The van der Waals surface area contributed by atoms with E-state index in [1.165, 1.54) is 16.9 Å². The summed E-state index contributed by atoms with van der Waals surface area (Å²) in [6.45, 7) is 6.99. The summed E-state index contributed by atoms with van der Waals surface area (Å²) in [4.78, 5) is 17.0. The van der Waals surface area contributed by atoms with E-state index in [1.807, 2.05) is 42.6 Å². The van der Waals surface area contributed by atoms with Crippen LogP contribution in [0.3, 0.4) is 0 Å². The van der Waals surface area contributed by atoms with Gasteiger partial charge in [0, 0.05) is 28.9 Å². The summed E-state index contributed by atoms with van der Waals surface area (Å²) in [6, 6.07) is 16.1. The molecule has 0 fully saturated rings. The van der Waals surface area contributed by atoms with Gasteiger partial charge in [-0.05, 0) is 39.0 Å². The van der Waals surface area contributed by atoms with Crippen LogP contribution >= 0.6 is 23.1 Å². The van der Waals surface area contributed by atoms with Gasteiger partial charge in [0.05, 0.1) is 12.1 Å². The number of nitrogens with zero attached hydrogens (tertiary/aromatic N) is 4. The van der Waals surface area contributed by atoms with E-state index in [9.17, 15) is 4.79 Å². The number of rotatable bonds is 8. The molecule has 0 aliphatic heterocycles. The quantitative estimate of drug-likeness (QED) is 0.349. The molecule has 0 spiro atoms. The molecule has 32 heavy (non-hydrogen) atoms. The lowest BCUT2D eigenvalue weighted by atomic mass is 10.1. The summed E-state index contributed by atoms with van der Waals surface area (Å²) in [5, 5.41) is 15.4. The van der Waals surface area contributed by atoms with Crippen molar-refractivity contribution in [3.8, 4) is 11.4 Å². The number of anilines is 1. The van der Waals surface area contributed by atoms with Crippen molar-refractivity contribution in [2.24, 2.45) is 0 Å². The number of thiazole rings is 1. The second kappa shape index (κ2) is 10.1. The van der Waals surface area contributed by atoms with Gasteiger partial charge in [0.15, 0.2) is 11.0 Å². The predicted molar refractivity (Wildman–Crippen MR) is 131 cm³/mol. The Balaban J connectivity index is 1.37. The average molecular weight is 464 g/mol. The van der Waals surface area contributed by atoms with Gasteiger partial charge in [-0.2, -0.15) is 0 Å². The molecule has 0 atom stereocenters. The fourth-order valence-corrected chi connectivity index (χ4v) is 5.09. The standard InChI is InChI=1S/C24H25N5OS2/c1-4-29-23(18-7-5-6-17(3)12-18)27-28-24(29)32-15-20-14-31-22(26-20)13-21(30)25-19-10-8-16(2)9-11-19/h5-12,14H,4,13,15H2,1-3H3,(H,25,30). The first-order chi connectivity index (χ1) is 15.5. The molecule has 0 unspecified atom stereocenters. The summed E-state index contributed by atoms with van der Waals surface area (Å²) in [5.74, 6) is 1.50. The maximum Gasteiger partial charge on any atom is 0.231 e. The molecule has 2 aromatic heterocycles. The van der Waals surface area contributed by atoms with E-state index >= 15 is 0 Å². The van der Waals surface area contributed by atoms with Crippen LogP contribution in [0.1, 0.15) is 28.8 Å². The summed E-state index contributed by atoms with van der Waals surface area (Å²) < 4.78 is 2.13. The predicted octanol–water partition coefficient (Wildman–Crippen LogP) is 5.51. The second-order valence-electron chi connectivity index (χ2n) is 7.53. The number of nitrogens with one attached hydrogen (secondary N) is 1. The third kappa shape index (κ3) is 5.44. The molecule has 4 rings (SSSR count). The van der Waals surface area contributed by atoms with E-state index in [0.29, 0.717) is 5.75 Å². The Kier molecular flexibility index (Phi) is 7.02. The molecule has 1 amide bonds. The summed E-state index contributed by atoms with van der Waals surface area (Å²) in [7, 11) is 0. The third-order valence-corrected chi connectivity index (χ3v) is 6.80. The molecule has 0 bridgehead atoms. The third-order valence-electron chi connectivity index (χ3n) is 4.90. The molecule has 4 aromatic rings. The van der Waals surface area contributed by atoms with Gasteiger partial charge in [-0.25, -0.2) is 4.98 Å². The Morgan fingerprint density at radius 1 is 1.09 bits per heavy atom. The van der Waals surface area contributed by atoms with Crippen molar-refractivity contribution >= 4 is 34.7 Å². The number of benzene rings is 2. The largest absolute Gasteiger partial charge is 0.326 e. The molecule has 0 radical (unpaired) electrons. The number of amides is 1. The maximum atomic E-state index is 12.3. The highest BCUT2D eigenvalue weighted by Gasteiger charge is 2.15. The molecule has 2 aromatic carbocycles. The minimum absolute atomic E-state index is 0.0593. The summed E-state index contributed by atoms with van der Waals surface area (Å²) in [6.07, 6.45) is 0.270. The zero-order valence-corrected chi connectivity index (χ0v) is 20.0. The smallest absolute Gasteiger partial charge is 0.231 e. The molecular weight excluding hydrogens is 438 g/mol. The van der Waals surface area contributed by atoms with Crippen molar-refractivity contribution in [1.29, 1.82) is 0 Å². The molecular formula is C24H25N5OS2. The first-order valence-corrected chi connectivity index (χ1v) is 12.3. The van der Waals surface area contributed by atoms with Crippen LogP contribution in [0.4, 0.5) is 5.69 Å². The molecule has 0 saturated heterocycles. The van der Waals surface area contributed by atoms with Gasteiger partial charge in [0.25, 0.3) is 0 Å². The zero-order valence-electron chi connectivity index (χ0n) is 18.3. The monoisotopic (exact) mass is 463 g/mol. The normalized spacial score (nSPS) is 11.0. The van der Waals surface area contributed by atoms with Gasteiger partial charge in [0.1, 0.15) is 5.01 Å². The van der Waals surface area contributed by atoms with Gasteiger partial charge in [-0.1, -0.05) is 53.2 Å². The topological polar surface area (TPSA) is 72.7 Å². The van der Waals surface area contributed by atoms with Gasteiger partial charge >= 0.3 is 0 Å². The summed E-state index contributed by atoms with van der Waals surface area (Å²) >= 11 is 3.13. The molecule has 0 aliphatic carbocycles. The van der Waals surface area contributed by atoms with Crippen molar-refractivity contribution in [3.63, 3.8) is 0 Å². The van der Waals surface area contributed by atoms with Crippen LogP contribution in [0.5, 0.6) is 0 Å². The van der Waals surface area contributed by atoms with Crippen LogP contribution in [-0.2, 0) is 23.5 Å². The highest BCUT2D eigenvalue weighted by molar-refractivity contribution is 7.98. The Bertz CT molecular complexity index is 1210. The molecule has 6 nitrogen and oxygen atoms in total. The number of carbonyl (C=O) groups is 1. The highest BCUT2D eigenvalue weighted by atomic mass is 32.2. The molecule has 0 aliphatic rings. The molecule has 0 saturated carbocycles. The number of aryl methyl sites for hydroxylation is 2. The Hall–Kier alpha value is -2.97. The Labute approximate surface area is 196 Å². The number of hydrogen-bond donors (Lipinski definition) is 1. The second-order valence-corrected chi connectivity index (χ2v) is 9.42. The first kappa shape index (κ1) is 22.2. The lowest BCUT2D eigenvalue weighted by molar-refractivity contribution is -0.115. The fraction of sp³-hybridized carbons (Fsp3) is 0.250. The summed E-state index contributed by atoms with van der Waals surface area (Å²) in [5.41, 5.74) is 5.18. The van der Waals surface area contributed by atoms with Gasteiger partial charge in [0.2, 0.25) is 5.91 Å². The van der Waals surface area contributed by atoms with Gasteiger partial charge in [-0.3, -0.25) is 4.79 Å². The average Bonchev–Trinajstić information content (AvgIpc) is 3.40. The van der Waals surface area contributed by atoms with Crippen LogP contribution in [0.25, 0.3) is 11.4 Å². The Morgan fingerprint density at radius 2 is 1.91 bits per heavy atom. The minimum atomic E-state index is -0.0593. The van der Waals surface area contributed by atoms with E-state index in [2.05, 4.69) is 57.1 Å². The molecule has 1 N–H and O–H groups in total. The SMILES string of the molecule is CCn1c(SCc2csc(CC(=O)Nc3ccc(C)cc3)n2)nnc1-c1cccc(C)c1. The molecule has 2 heterocycles. The van der Waals surface area contributed by atoms with Gasteiger partial charge in [-0.15, -0.1) is 21.5 Å². The van der Waals surface area contributed by atoms with Crippen molar-refractivity contribution < 1.29 is 4.79 Å².